The molecule has 0 aliphatic carbocycles. The summed E-state index contributed by atoms with van der Waals surface area (Å²) in [6.45, 7) is 0.238. The summed E-state index contributed by atoms with van der Waals surface area (Å²) in [5, 5.41) is 0.0685. The van der Waals surface area contributed by atoms with Crippen molar-refractivity contribution in [3.8, 4) is 5.75 Å². The quantitative estimate of drug-likeness (QED) is 0.612. The zero-order valence-electron chi connectivity index (χ0n) is 12.1. The maximum atomic E-state index is 12.7. The fourth-order valence-corrected chi connectivity index (χ4v) is 2.38. The van der Waals surface area contributed by atoms with Gasteiger partial charge in [-0.3, -0.25) is 4.79 Å². The minimum Gasteiger partial charge on any atom is -0.489 e. The first-order valence-electron chi connectivity index (χ1n) is 6.85. The van der Waals surface area contributed by atoms with Gasteiger partial charge in [0.25, 0.3) is 0 Å². The molecule has 0 aliphatic heterocycles. The predicted octanol–water partition coefficient (Wildman–Crippen LogP) is 5.15. The van der Waals surface area contributed by atoms with Crippen LogP contribution in [0.4, 0.5) is 13.2 Å². The van der Waals surface area contributed by atoms with Crippen LogP contribution in [0.1, 0.15) is 11.3 Å². The second-order valence-corrected chi connectivity index (χ2v) is 5.96. The third kappa shape index (κ3) is 3.62. The van der Waals surface area contributed by atoms with Crippen molar-refractivity contribution in [3.63, 3.8) is 0 Å². The monoisotopic (exact) mass is 398 g/mol. The smallest absolute Gasteiger partial charge is 0.449 e. The molecular weight excluding hydrogens is 389 g/mol. The predicted molar refractivity (Wildman–Crippen MR) is 86.0 cm³/mol. The first-order valence-corrected chi connectivity index (χ1v) is 7.64. The van der Waals surface area contributed by atoms with Crippen molar-refractivity contribution in [1.29, 1.82) is 0 Å². The lowest BCUT2D eigenvalue weighted by Crippen LogP contribution is -2.10. The first-order chi connectivity index (χ1) is 11.3. The molecule has 2 aromatic carbocycles. The highest BCUT2D eigenvalue weighted by Crippen LogP contribution is 2.31. The minimum atomic E-state index is -4.72. The third-order valence-electron chi connectivity index (χ3n) is 3.30. The van der Waals surface area contributed by atoms with Crippen LogP contribution >= 0.6 is 15.9 Å². The molecule has 3 aromatic rings. The number of ether oxygens (including phenoxy) is 1. The topological polar surface area (TPSA) is 39.4 Å². The summed E-state index contributed by atoms with van der Waals surface area (Å²) < 4.78 is 49.5. The second-order valence-electron chi connectivity index (χ2n) is 5.05. The number of halogens is 4. The molecule has 3 nitrogen and oxygen atoms in total. The van der Waals surface area contributed by atoms with E-state index in [1.807, 2.05) is 24.3 Å². The summed E-state index contributed by atoms with van der Waals surface area (Å²) in [5.74, 6) is -1.02. The molecule has 0 aliphatic rings. The van der Waals surface area contributed by atoms with Crippen molar-refractivity contribution in [3.05, 3.63) is 74.6 Å². The number of rotatable bonds is 3. The summed E-state index contributed by atoms with van der Waals surface area (Å²) in [6, 6.07) is 12.1. The molecule has 24 heavy (non-hydrogen) atoms. The highest BCUT2D eigenvalue weighted by molar-refractivity contribution is 9.10. The van der Waals surface area contributed by atoms with E-state index in [2.05, 4.69) is 15.9 Å². The van der Waals surface area contributed by atoms with Gasteiger partial charge in [-0.2, -0.15) is 13.2 Å². The SMILES string of the molecule is O=c1cc(C(F)(F)F)oc2cc(OCc3ccc(Br)cc3)ccc12. The summed E-state index contributed by atoms with van der Waals surface area (Å²) in [5.41, 5.74) is -0.0186. The molecule has 0 spiro atoms. The van der Waals surface area contributed by atoms with E-state index in [0.29, 0.717) is 11.8 Å². The third-order valence-corrected chi connectivity index (χ3v) is 3.83. The van der Waals surface area contributed by atoms with Gasteiger partial charge in [-0.15, -0.1) is 0 Å². The van der Waals surface area contributed by atoms with Gasteiger partial charge in [-0.05, 0) is 29.8 Å². The van der Waals surface area contributed by atoms with E-state index >= 15 is 0 Å². The Morgan fingerprint density at radius 3 is 2.42 bits per heavy atom. The Morgan fingerprint density at radius 1 is 1.04 bits per heavy atom. The molecule has 0 saturated carbocycles. The van der Waals surface area contributed by atoms with E-state index in [9.17, 15) is 18.0 Å². The van der Waals surface area contributed by atoms with Gasteiger partial charge in [-0.1, -0.05) is 28.1 Å². The first kappa shape index (κ1) is 16.6. The highest BCUT2D eigenvalue weighted by Gasteiger charge is 2.34. The van der Waals surface area contributed by atoms with Crippen molar-refractivity contribution in [2.24, 2.45) is 0 Å². The van der Waals surface area contributed by atoms with Crippen LogP contribution in [-0.2, 0) is 12.8 Å². The average Bonchev–Trinajstić information content (AvgIpc) is 2.53. The summed E-state index contributed by atoms with van der Waals surface area (Å²) in [7, 11) is 0. The maximum absolute atomic E-state index is 12.7. The van der Waals surface area contributed by atoms with E-state index in [1.54, 1.807) is 0 Å². The lowest BCUT2D eigenvalue weighted by atomic mass is 10.2. The van der Waals surface area contributed by atoms with Gasteiger partial charge in [0.2, 0.25) is 5.76 Å². The normalized spacial score (nSPS) is 11.7. The lowest BCUT2D eigenvalue weighted by Gasteiger charge is -2.09. The fraction of sp³-hybridized carbons (Fsp3) is 0.118. The highest BCUT2D eigenvalue weighted by atomic mass is 79.9. The van der Waals surface area contributed by atoms with Crippen molar-refractivity contribution >= 4 is 26.9 Å². The summed E-state index contributed by atoms with van der Waals surface area (Å²) in [6.07, 6.45) is -4.72. The van der Waals surface area contributed by atoms with E-state index in [4.69, 9.17) is 9.15 Å². The number of benzene rings is 2. The molecule has 0 radical (unpaired) electrons. The van der Waals surface area contributed by atoms with Gasteiger partial charge in [0.1, 0.15) is 17.9 Å². The lowest BCUT2D eigenvalue weighted by molar-refractivity contribution is -0.152. The van der Waals surface area contributed by atoms with E-state index in [0.717, 1.165) is 10.0 Å². The Bertz CT molecular complexity index is 930. The minimum absolute atomic E-state index is 0.0685. The Hall–Kier alpha value is -2.28. The Kier molecular flexibility index (Phi) is 4.36. The Balaban J connectivity index is 1.89. The maximum Gasteiger partial charge on any atom is 0.449 e. The van der Waals surface area contributed by atoms with Crippen LogP contribution in [0, 0.1) is 0 Å². The van der Waals surface area contributed by atoms with Crippen LogP contribution in [0.25, 0.3) is 11.0 Å². The van der Waals surface area contributed by atoms with Crippen LogP contribution in [0.5, 0.6) is 5.75 Å². The molecule has 0 saturated heterocycles. The summed E-state index contributed by atoms with van der Waals surface area (Å²) >= 11 is 3.32. The largest absolute Gasteiger partial charge is 0.489 e. The van der Waals surface area contributed by atoms with Gasteiger partial charge in [0, 0.05) is 16.6 Å². The Morgan fingerprint density at radius 2 is 1.75 bits per heavy atom. The van der Waals surface area contributed by atoms with E-state index < -0.39 is 17.4 Å². The molecule has 1 aromatic heterocycles. The number of alkyl halides is 3. The van der Waals surface area contributed by atoms with Gasteiger partial charge >= 0.3 is 6.18 Å². The second kappa shape index (κ2) is 6.32. The van der Waals surface area contributed by atoms with Gasteiger partial charge < -0.3 is 9.15 Å². The molecule has 0 fully saturated rings. The standard InChI is InChI=1S/C17H10BrF3O3/c18-11-3-1-10(2-4-11)9-23-12-5-6-13-14(22)8-16(17(19,20)21)24-15(13)7-12/h1-8H,9H2. The fourth-order valence-electron chi connectivity index (χ4n) is 2.11. The average molecular weight is 399 g/mol. The number of hydrogen-bond donors (Lipinski definition) is 0. The van der Waals surface area contributed by atoms with Crippen molar-refractivity contribution in [2.45, 2.75) is 12.8 Å². The zero-order chi connectivity index (χ0) is 17.3. The van der Waals surface area contributed by atoms with Crippen LogP contribution in [0.15, 0.2) is 62.2 Å². The van der Waals surface area contributed by atoms with Crippen LogP contribution in [0.3, 0.4) is 0 Å². The van der Waals surface area contributed by atoms with Crippen LogP contribution in [-0.4, -0.2) is 0 Å². The molecule has 0 atom stereocenters. The van der Waals surface area contributed by atoms with Gasteiger partial charge in [0.05, 0.1) is 5.39 Å². The van der Waals surface area contributed by atoms with Crippen LogP contribution < -0.4 is 10.2 Å². The molecule has 0 bridgehead atoms. The molecule has 0 unspecified atom stereocenters. The summed E-state index contributed by atoms with van der Waals surface area (Å²) in [4.78, 5) is 11.8. The molecule has 0 amide bonds. The van der Waals surface area contributed by atoms with Crippen molar-refractivity contribution in [2.75, 3.05) is 0 Å². The van der Waals surface area contributed by atoms with E-state index in [1.165, 1.54) is 18.2 Å². The van der Waals surface area contributed by atoms with Crippen molar-refractivity contribution < 1.29 is 22.3 Å². The van der Waals surface area contributed by atoms with Gasteiger partial charge in [0.15, 0.2) is 5.43 Å². The molecule has 1 heterocycles. The zero-order valence-corrected chi connectivity index (χ0v) is 13.6. The molecular formula is C17H10BrF3O3. The molecule has 7 heteroatoms. The molecule has 0 N–H and O–H groups in total. The molecule has 3 rings (SSSR count). The van der Waals surface area contributed by atoms with Gasteiger partial charge in [-0.25, -0.2) is 0 Å². The van der Waals surface area contributed by atoms with Crippen LogP contribution in [0.2, 0.25) is 0 Å². The Labute approximate surface area is 142 Å². The number of hydrogen-bond acceptors (Lipinski definition) is 3. The van der Waals surface area contributed by atoms with E-state index in [-0.39, 0.29) is 17.6 Å². The van der Waals surface area contributed by atoms with Crippen molar-refractivity contribution in [1.82, 2.24) is 0 Å². The molecule has 124 valence electrons. The number of fused-ring (bicyclic) bond motifs is 1.